The predicted molar refractivity (Wildman–Crippen MR) is 56.7 cm³/mol. The quantitative estimate of drug-likeness (QED) is 0.618. The SMILES string of the molecule is COc1ccc(C[C@@H](N)C(=O)O)cc1N. The fraction of sp³-hybridized carbons (Fsp3) is 0.300. The number of carboxylic acid groups (broad SMARTS) is 1. The third kappa shape index (κ3) is 2.85. The predicted octanol–water partition coefficient (Wildman–Crippen LogP) is 0.232. The minimum atomic E-state index is -1.02. The van der Waals surface area contributed by atoms with Crippen LogP contribution in [0.5, 0.6) is 5.75 Å². The minimum absolute atomic E-state index is 0.253. The molecule has 5 nitrogen and oxygen atoms in total. The first-order valence-electron chi connectivity index (χ1n) is 4.45. The normalized spacial score (nSPS) is 12.1. The highest BCUT2D eigenvalue weighted by molar-refractivity contribution is 5.73. The van der Waals surface area contributed by atoms with Crippen LogP contribution in [0, 0.1) is 0 Å². The van der Waals surface area contributed by atoms with Gasteiger partial charge in [-0.05, 0) is 24.1 Å². The molecular formula is C10H14N2O3. The fourth-order valence-corrected chi connectivity index (χ4v) is 1.25. The minimum Gasteiger partial charge on any atom is -0.495 e. The van der Waals surface area contributed by atoms with Crippen LogP contribution in [0.25, 0.3) is 0 Å². The van der Waals surface area contributed by atoms with Gasteiger partial charge in [-0.1, -0.05) is 6.07 Å². The van der Waals surface area contributed by atoms with Crippen molar-refractivity contribution in [3.05, 3.63) is 23.8 Å². The van der Waals surface area contributed by atoms with Gasteiger partial charge in [0.2, 0.25) is 0 Å². The number of benzene rings is 1. The molecule has 0 aliphatic heterocycles. The van der Waals surface area contributed by atoms with Gasteiger partial charge in [0.25, 0.3) is 0 Å². The van der Waals surface area contributed by atoms with Gasteiger partial charge >= 0.3 is 5.97 Å². The summed E-state index contributed by atoms with van der Waals surface area (Å²) in [6, 6.07) is 4.21. The van der Waals surface area contributed by atoms with Crippen LogP contribution in [0.4, 0.5) is 5.69 Å². The van der Waals surface area contributed by atoms with Gasteiger partial charge in [0.15, 0.2) is 0 Å². The number of nitrogens with two attached hydrogens (primary N) is 2. The van der Waals surface area contributed by atoms with Crippen molar-refractivity contribution in [1.82, 2.24) is 0 Å². The van der Waals surface area contributed by atoms with E-state index in [4.69, 9.17) is 21.3 Å². The van der Waals surface area contributed by atoms with E-state index >= 15 is 0 Å². The van der Waals surface area contributed by atoms with E-state index in [0.717, 1.165) is 5.56 Å². The topological polar surface area (TPSA) is 98.6 Å². The molecule has 0 heterocycles. The number of carboxylic acids is 1. The van der Waals surface area contributed by atoms with Crippen molar-refractivity contribution in [2.45, 2.75) is 12.5 Å². The highest BCUT2D eigenvalue weighted by Crippen LogP contribution is 2.22. The summed E-state index contributed by atoms with van der Waals surface area (Å²) >= 11 is 0. The smallest absolute Gasteiger partial charge is 0.320 e. The molecule has 0 bridgehead atoms. The summed E-state index contributed by atoms with van der Waals surface area (Å²) in [6.45, 7) is 0. The zero-order valence-electron chi connectivity index (χ0n) is 8.43. The van der Waals surface area contributed by atoms with Crippen LogP contribution in [0.15, 0.2) is 18.2 Å². The van der Waals surface area contributed by atoms with Gasteiger partial charge in [-0.2, -0.15) is 0 Å². The Morgan fingerprint density at radius 2 is 2.27 bits per heavy atom. The van der Waals surface area contributed by atoms with Crippen molar-refractivity contribution >= 4 is 11.7 Å². The first kappa shape index (κ1) is 11.3. The zero-order valence-corrected chi connectivity index (χ0v) is 8.43. The maximum absolute atomic E-state index is 10.5. The summed E-state index contributed by atoms with van der Waals surface area (Å²) in [6.07, 6.45) is 0.253. The van der Waals surface area contributed by atoms with Gasteiger partial charge in [-0.25, -0.2) is 0 Å². The molecule has 0 saturated heterocycles. The molecule has 0 radical (unpaired) electrons. The molecule has 0 saturated carbocycles. The van der Waals surface area contributed by atoms with E-state index in [1.54, 1.807) is 18.2 Å². The lowest BCUT2D eigenvalue weighted by atomic mass is 10.1. The Balaban J connectivity index is 2.79. The van der Waals surface area contributed by atoms with E-state index in [2.05, 4.69) is 0 Å². The lowest BCUT2D eigenvalue weighted by Gasteiger charge is -2.09. The maximum atomic E-state index is 10.5. The number of hydrogen-bond donors (Lipinski definition) is 3. The molecule has 15 heavy (non-hydrogen) atoms. The molecule has 1 aromatic carbocycles. The van der Waals surface area contributed by atoms with Crippen LogP contribution in [0.1, 0.15) is 5.56 Å². The molecule has 0 unspecified atom stereocenters. The van der Waals surface area contributed by atoms with E-state index in [9.17, 15) is 4.79 Å². The molecular weight excluding hydrogens is 196 g/mol. The molecule has 1 aromatic rings. The van der Waals surface area contributed by atoms with Gasteiger partial charge in [0, 0.05) is 0 Å². The van der Waals surface area contributed by atoms with Gasteiger partial charge in [0.1, 0.15) is 11.8 Å². The Hall–Kier alpha value is -1.75. The van der Waals surface area contributed by atoms with E-state index in [-0.39, 0.29) is 6.42 Å². The Morgan fingerprint density at radius 1 is 1.60 bits per heavy atom. The summed E-state index contributed by atoms with van der Waals surface area (Å²) in [4.78, 5) is 10.5. The Bertz CT molecular complexity index is 366. The Kier molecular flexibility index (Phi) is 3.51. The second-order valence-electron chi connectivity index (χ2n) is 3.23. The van der Waals surface area contributed by atoms with Gasteiger partial charge in [-0.3, -0.25) is 4.79 Å². The number of rotatable bonds is 4. The van der Waals surface area contributed by atoms with Crippen LogP contribution in [-0.4, -0.2) is 24.2 Å². The molecule has 0 aliphatic rings. The number of methoxy groups -OCH3 is 1. The monoisotopic (exact) mass is 210 g/mol. The second-order valence-corrected chi connectivity index (χ2v) is 3.23. The van der Waals surface area contributed by atoms with Crippen molar-refractivity contribution in [2.24, 2.45) is 5.73 Å². The van der Waals surface area contributed by atoms with Crippen LogP contribution < -0.4 is 16.2 Å². The summed E-state index contributed by atoms with van der Waals surface area (Å²) in [7, 11) is 1.52. The molecule has 82 valence electrons. The zero-order chi connectivity index (χ0) is 11.4. The first-order chi connectivity index (χ1) is 7.04. The van der Waals surface area contributed by atoms with Crippen molar-refractivity contribution < 1.29 is 14.6 Å². The van der Waals surface area contributed by atoms with Gasteiger partial charge in [-0.15, -0.1) is 0 Å². The number of aliphatic carboxylic acids is 1. The van der Waals surface area contributed by atoms with Crippen molar-refractivity contribution in [1.29, 1.82) is 0 Å². The third-order valence-corrected chi connectivity index (χ3v) is 2.07. The molecule has 0 fully saturated rings. The maximum Gasteiger partial charge on any atom is 0.320 e. The Labute approximate surface area is 87.6 Å². The van der Waals surface area contributed by atoms with Crippen LogP contribution in [-0.2, 0) is 11.2 Å². The molecule has 5 heteroatoms. The third-order valence-electron chi connectivity index (χ3n) is 2.07. The lowest BCUT2D eigenvalue weighted by Crippen LogP contribution is -2.32. The summed E-state index contributed by atoms with van der Waals surface area (Å²) < 4.78 is 4.98. The summed E-state index contributed by atoms with van der Waals surface area (Å²) in [5.41, 5.74) is 12.3. The van der Waals surface area contributed by atoms with Gasteiger partial charge < -0.3 is 21.3 Å². The van der Waals surface area contributed by atoms with E-state index < -0.39 is 12.0 Å². The second kappa shape index (κ2) is 4.65. The average Bonchev–Trinajstić information content (AvgIpc) is 2.18. The molecule has 0 aromatic heterocycles. The number of carbonyl (C=O) groups is 1. The number of anilines is 1. The number of hydrogen-bond acceptors (Lipinski definition) is 4. The van der Waals surface area contributed by atoms with E-state index in [0.29, 0.717) is 11.4 Å². The molecule has 0 aliphatic carbocycles. The average molecular weight is 210 g/mol. The lowest BCUT2D eigenvalue weighted by molar-refractivity contribution is -0.138. The van der Waals surface area contributed by atoms with E-state index in [1.807, 2.05) is 0 Å². The van der Waals surface area contributed by atoms with Crippen LogP contribution in [0.3, 0.4) is 0 Å². The number of nitrogen functional groups attached to an aromatic ring is 1. The Morgan fingerprint density at radius 3 is 2.73 bits per heavy atom. The van der Waals surface area contributed by atoms with Crippen molar-refractivity contribution in [3.8, 4) is 5.75 Å². The standard InChI is InChI=1S/C10H14N2O3/c1-15-9-3-2-6(4-7(9)11)5-8(12)10(13)14/h2-4,8H,5,11-12H2,1H3,(H,13,14)/t8-/m1/s1. The van der Waals surface area contributed by atoms with Crippen molar-refractivity contribution in [3.63, 3.8) is 0 Å². The summed E-state index contributed by atoms with van der Waals surface area (Å²) in [5, 5.41) is 8.63. The summed E-state index contributed by atoms with van der Waals surface area (Å²) in [5.74, 6) is -0.452. The molecule has 0 amide bonds. The number of ether oxygens (including phenoxy) is 1. The molecule has 0 spiro atoms. The highest BCUT2D eigenvalue weighted by Gasteiger charge is 2.12. The first-order valence-corrected chi connectivity index (χ1v) is 4.45. The van der Waals surface area contributed by atoms with Crippen LogP contribution >= 0.6 is 0 Å². The fourth-order valence-electron chi connectivity index (χ4n) is 1.25. The molecule has 1 rings (SSSR count). The highest BCUT2D eigenvalue weighted by atomic mass is 16.5. The molecule has 1 atom stereocenters. The molecule has 5 N–H and O–H groups in total. The van der Waals surface area contributed by atoms with Gasteiger partial charge in [0.05, 0.1) is 12.8 Å². The van der Waals surface area contributed by atoms with E-state index in [1.165, 1.54) is 7.11 Å². The van der Waals surface area contributed by atoms with Crippen LogP contribution in [0.2, 0.25) is 0 Å². The van der Waals surface area contributed by atoms with Crippen molar-refractivity contribution in [2.75, 3.05) is 12.8 Å². The largest absolute Gasteiger partial charge is 0.495 e.